The van der Waals surface area contributed by atoms with Crippen LogP contribution in [0.1, 0.15) is 16.8 Å². The molecule has 0 fully saturated rings. The lowest BCUT2D eigenvalue weighted by Gasteiger charge is -2.13. The SMILES string of the molecule is CN(C)S(=O)(=O)c1ccc(Cl)c(C(=O)NCCCOc2ccccc2F)c1. The summed E-state index contributed by atoms with van der Waals surface area (Å²) in [7, 11) is -0.870. The van der Waals surface area contributed by atoms with Crippen molar-refractivity contribution in [3.8, 4) is 5.75 Å². The van der Waals surface area contributed by atoms with Crippen LogP contribution in [0.2, 0.25) is 5.02 Å². The van der Waals surface area contributed by atoms with Crippen LogP contribution in [-0.2, 0) is 10.0 Å². The Morgan fingerprint density at radius 3 is 2.59 bits per heavy atom. The topological polar surface area (TPSA) is 75.7 Å². The number of rotatable bonds is 8. The Labute approximate surface area is 162 Å². The molecule has 6 nitrogen and oxygen atoms in total. The van der Waals surface area contributed by atoms with E-state index in [-0.39, 0.29) is 34.4 Å². The van der Waals surface area contributed by atoms with Crippen molar-refractivity contribution in [2.45, 2.75) is 11.3 Å². The maximum atomic E-state index is 13.4. The Kier molecular flexibility index (Phi) is 7.18. The number of hydrogen-bond acceptors (Lipinski definition) is 4. The molecule has 0 aliphatic carbocycles. The number of benzene rings is 2. The fourth-order valence-corrected chi connectivity index (χ4v) is 3.29. The van der Waals surface area contributed by atoms with Crippen molar-refractivity contribution in [3.63, 3.8) is 0 Å². The summed E-state index contributed by atoms with van der Waals surface area (Å²) < 4.78 is 44.1. The molecule has 0 bridgehead atoms. The standard InChI is InChI=1S/C18H20ClFN2O4S/c1-22(2)27(24,25)13-8-9-15(19)14(12-13)18(23)21-10-5-11-26-17-7-4-3-6-16(17)20/h3-4,6-9,12H,5,10-11H2,1-2H3,(H,21,23). The van der Waals surface area contributed by atoms with E-state index in [0.717, 1.165) is 4.31 Å². The van der Waals surface area contributed by atoms with Gasteiger partial charge in [0, 0.05) is 20.6 Å². The van der Waals surface area contributed by atoms with Crippen molar-refractivity contribution in [1.29, 1.82) is 0 Å². The summed E-state index contributed by atoms with van der Waals surface area (Å²) in [5.74, 6) is -0.803. The number of nitrogens with zero attached hydrogens (tertiary/aromatic N) is 1. The molecule has 9 heteroatoms. The van der Waals surface area contributed by atoms with Crippen LogP contribution >= 0.6 is 11.6 Å². The van der Waals surface area contributed by atoms with E-state index in [2.05, 4.69) is 5.32 Å². The Hall–Kier alpha value is -2.16. The zero-order chi connectivity index (χ0) is 20.0. The highest BCUT2D eigenvalue weighted by molar-refractivity contribution is 7.89. The molecule has 0 radical (unpaired) electrons. The van der Waals surface area contributed by atoms with Gasteiger partial charge < -0.3 is 10.1 Å². The molecule has 0 heterocycles. The van der Waals surface area contributed by atoms with Crippen molar-refractivity contribution >= 4 is 27.5 Å². The number of carbonyl (C=O) groups is 1. The lowest BCUT2D eigenvalue weighted by atomic mass is 10.2. The van der Waals surface area contributed by atoms with E-state index in [0.29, 0.717) is 6.42 Å². The average Bonchev–Trinajstić information content (AvgIpc) is 2.62. The molecule has 146 valence electrons. The second-order valence-corrected chi connectivity index (χ2v) is 8.38. The molecule has 0 atom stereocenters. The first-order valence-electron chi connectivity index (χ1n) is 8.11. The number of halogens is 2. The van der Waals surface area contributed by atoms with Gasteiger partial charge in [-0.25, -0.2) is 17.1 Å². The van der Waals surface area contributed by atoms with Crippen LogP contribution in [0, 0.1) is 5.82 Å². The molecule has 2 rings (SSSR count). The maximum Gasteiger partial charge on any atom is 0.252 e. The van der Waals surface area contributed by atoms with Crippen molar-refractivity contribution in [2.75, 3.05) is 27.2 Å². The molecule has 1 N–H and O–H groups in total. The predicted molar refractivity (Wildman–Crippen MR) is 101 cm³/mol. The van der Waals surface area contributed by atoms with E-state index >= 15 is 0 Å². The van der Waals surface area contributed by atoms with Crippen molar-refractivity contribution in [2.24, 2.45) is 0 Å². The second-order valence-electron chi connectivity index (χ2n) is 5.82. The van der Waals surface area contributed by atoms with E-state index in [1.165, 1.54) is 44.4 Å². The van der Waals surface area contributed by atoms with E-state index < -0.39 is 21.7 Å². The quantitative estimate of drug-likeness (QED) is 0.674. The van der Waals surface area contributed by atoms with Gasteiger partial charge >= 0.3 is 0 Å². The van der Waals surface area contributed by atoms with Crippen LogP contribution in [0.25, 0.3) is 0 Å². The summed E-state index contributed by atoms with van der Waals surface area (Å²) in [5.41, 5.74) is 0.0645. The van der Waals surface area contributed by atoms with Crippen LogP contribution in [0.3, 0.4) is 0 Å². The zero-order valence-corrected chi connectivity index (χ0v) is 16.5. The number of hydrogen-bond donors (Lipinski definition) is 1. The van der Waals surface area contributed by atoms with E-state index in [1.54, 1.807) is 12.1 Å². The Morgan fingerprint density at radius 1 is 1.22 bits per heavy atom. The molecule has 0 aromatic heterocycles. The van der Waals surface area contributed by atoms with Crippen LogP contribution in [0.5, 0.6) is 5.75 Å². The Bertz CT molecular complexity index is 919. The molecule has 0 saturated heterocycles. The second kappa shape index (κ2) is 9.16. The van der Waals surface area contributed by atoms with Crippen molar-refractivity contribution in [1.82, 2.24) is 9.62 Å². The van der Waals surface area contributed by atoms with Gasteiger partial charge in [0.25, 0.3) is 5.91 Å². The minimum Gasteiger partial charge on any atom is -0.490 e. The normalized spacial score (nSPS) is 11.4. The van der Waals surface area contributed by atoms with E-state index in [1.807, 2.05) is 0 Å². The third-order valence-electron chi connectivity index (χ3n) is 3.66. The lowest BCUT2D eigenvalue weighted by Crippen LogP contribution is -2.27. The molecular weight excluding hydrogens is 395 g/mol. The average molecular weight is 415 g/mol. The number of nitrogens with one attached hydrogen (secondary N) is 1. The molecule has 1 amide bonds. The largest absolute Gasteiger partial charge is 0.490 e. The third-order valence-corrected chi connectivity index (χ3v) is 5.80. The molecular formula is C18H20ClFN2O4S. The Balaban J connectivity index is 1.93. The van der Waals surface area contributed by atoms with Gasteiger partial charge in [0.2, 0.25) is 10.0 Å². The van der Waals surface area contributed by atoms with Gasteiger partial charge in [0.05, 0.1) is 22.1 Å². The molecule has 2 aromatic rings. The number of ether oxygens (including phenoxy) is 1. The number of para-hydroxylation sites is 1. The molecule has 2 aromatic carbocycles. The lowest BCUT2D eigenvalue weighted by molar-refractivity contribution is 0.0951. The highest BCUT2D eigenvalue weighted by Gasteiger charge is 2.20. The first-order valence-corrected chi connectivity index (χ1v) is 9.93. The van der Waals surface area contributed by atoms with Gasteiger partial charge in [-0.15, -0.1) is 0 Å². The smallest absolute Gasteiger partial charge is 0.252 e. The summed E-state index contributed by atoms with van der Waals surface area (Å²) in [6.07, 6.45) is 0.438. The first-order chi connectivity index (χ1) is 12.7. The van der Waals surface area contributed by atoms with E-state index in [4.69, 9.17) is 16.3 Å². The van der Waals surface area contributed by atoms with Gasteiger partial charge in [-0.2, -0.15) is 0 Å². The van der Waals surface area contributed by atoms with Gasteiger partial charge in [0.1, 0.15) is 0 Å². The van der Waals surface area contributed by atoms with Crippen LogP contribution in [0.15, 0.2) is 47.4 Å². The fraction of sp³-hybridized carbons (Fsp3) is 0.278. The van der Waals surface area contributed by atoms with Crippen LogP contribution in [-0.4, -0.2) is 45.9 Å². The number of sulfonamides is 1. The van der Waals surface area contributed by atoms with Gasteiger partial charge in [-0.1, -0.05) is 23.7 Å². The summed E-state index contributed by atoms with van der Waals surface area (Å²) in [6, 6.07) is 10.00. The third kappa shape index (κ3) is 5.41. The maximum absolute atomic E-state index is 13.4. The van der Waals surface area contributed by atoms with Gasteiger partial charge in [-0.3, -0.25) is 4.79 Å². The first kappa shape index (κ1) is 21.1. The molecule has 0 spiro atoms. The monoisotopic (exact) mass is 414 g/mol. The molecule has 0 unspecified atom stereocenters. The van der Waals surface area contributed by atoms with Crippen LogP contribution in [0.4, 0.5) is 4.39 Å². The minimum atomic E-state index is -3.67. The molecule has 0 aliphatic heterocycles. The van der Waals surface area contributed by atoms with Crippen LogP contribution < -0.4 is 10.1 Å². The van der Waals surface area contributed by atoms with Gasteiger partial charge in [0.15, 0.2) is 11.6 Å². The van der Waals surface area contributed by atoms with Crippen molar-refractivity contribution < 1.29 is 22.3 Å². The van der Waals surface area contributed by atoms with Gasteiger partial charge in [-0.05, 0) is 36.8 Å². The summed E-state index contributed by atoms with van der Waals surface area (Å²) in [6.45, 7) is 0.471. The summed E-state index contributed by atoms with van der Waals surface area (Å²) >= 11 is 6.02. The summed E-state index contributed by atoms with van der Waals surface area (Å²) in [4.78, 5) is 12.3. The highest BCUT2D eigenvalue weighted by Crippen LogP contribution is 2.22. The van der Waals surface area contributed by atoms with E-state index in [9.17, 15) is 17.6 Å². The molecule has 0 saturated carbocycles. The Morgan fingerprint density at radius 2 is 1.93 bits per heavy atom. The zero-order valence-electron chi connectivity index (χ0n) is 14.9. The fourth-order valence-electron chi connectivity index (χ4n) is 2.16. The number of amides is 1. The highest BCUT2D eigenvalue weighted by atomic mass is 35.5. The minimum absolute atomic E-state index is 0.0232. The molecule has 27 heavy (non-hydrogen) atoms. The molecule has 0 aliphatic rings. The summed E-state index contributed by atoms with van der Waals surface area (Å²) in [5, 5.41) is 2.79. The number of carbonyl (C=O) groups excluding carboxylic acids is 1. The predicted octanol–water partition coefficient (Wildman–Crippen LogP) is 2.93. The van der Waals surface area contributed by atoms with Crippen molar-refractivity contribution in [3.05, 3.63) is 58.9 Å².